The molecule has 0 unspecified atom stereocenters. The minimum atomic E-state index is -0.161. The fourth-order valence-electron chi connectivity index (χ4n) is 3.59. The molecule has 8 nitrogen and oxygen atoms in total. The van der Waals surface area contributed by atoms with E-state index in [1.807, 2.05) is 18.3 Å². The molecule has 0 bridgehead atoms. The first kappa shape index (κ1) is 20.6. The predicted molar refractivity (Wildman–Crippen MR) is 114 cm³/mol. The van der Waals surface area contributed by atoms with Gasteiger partial charge in [0.2, 0.25) is 0 Å². The molecule has 158 valence electrons. The van der Waals surface area contributed by atoms with Crippen LogP contribution in [0.4, 0.5) is 0 Å². The topological polar surface area (TPSA) is 91.2 Å². The van der Waals surface area contributed by atoms with Gasteiger partial charge in [-0.05, 0) is 43.4 Å². The lowest BCUT2D eigenvalue weighted by molar-refractivity contribution is -0.00409. The highest BCUT2D eigenvalue weighted by Crippen LogP contribution is 2.26. The molecule has 30 heavy (non-hydrogen) atoms. The van der Waals surface area contributed by atoms with E-state index < -0.39 is 0 Å². The van der Waals surface area contributed by atoms with E-state index in [0.717, 1.165) is 36.1 Å². The standard InChI is InChI=1S/C21H25N5O3S/c1-28-8-9-29-17-4-2-16(3-5-17)24-21(27)18-10-15(19-12-23-14-30-19)11-20(25-18)26-7-6-22-13-26/h6-7,10-14,16-17H,2-5,8-9H2,1H3,(H,24,27)/t16-,17-. The Bertz CT molecular complexity index is 885. The molecular weight excluding hydrogens is 402 g/mol. The van der Waals surface area contributed by atoms with Gasteiger partial charge in [-0.1, -0.05) is 0 Å². The van der Waals surface area contributed by atoms with Crippen LogP contribution in [0.2, 0.25) is 0 Å². The lowest BCUT2D eigenvalue weighted by Gasteiger charge is -2.29. The molecule has 0 radical (unpaired) electrons. The van der Waals surface area contributed by atoms with Gasteiger partial charge in [0.1, 0.15) is 17.8 Å². The quantitative estimate of drug-likeness (QED) is 0.556. The summed E-state index contributed by atoms with van der Waals surface area (Å²) in [7, 11) is 1.67. The second kappa shape index (κ2) is 9.92. The van der Waals surface area contributed by atoms with Crippen molar-refractivity contribution < 1.29 is 14.3 Å². The van der Waals surface area contributed by atoms with Crippen LogP contribution in [0.5, 0.6) is 0 Å². The number of ether oxygens (including phenoxy) is 2. The molecule has 1 N–H and O–H groups in total. The number of rotatable bonds is 8. The van der Waals surface area contributed by atoms with Crippen molar-refractivity contribution in [2.45, 2.75) is 37.8 Å². The Morgan fingerprint density at radius 3 is 2.80 bits per heavy atom. The molecule has 0 aliphatic heterocycles. The third-order valence-corrected chi connectivity index (χ3v) is 6.00. The highest BCUT2D eigenvalue weighted by atomic mass is 32.1. The molecule has 1 fully saturated rings. The maximum absolute atomic E-state index is 13.0. The van der Waals surface area contributed by atoms with Gasteiger partial charge in [-0.25, -0.2) is 9.97 Å². The van der Waals surface area contributed by atoms with Crippen molar-refractivity contribution in [2.24, 2.45) is 0 Å². The molecule has 4 rings (SSSR count). The van der Waals surface area contributed by atoms with Crippen molar-refractivity contribution >= 4 is 17.2 Å². The Hall–Kier alpha value is -2.62. The van der Waals surface area contributed by atoms with Crippen molar-refractivity contribution in [1.29, 1.82) is 0 Å². The molecule has 0 saturated heterocycles. The minimum Gasteiger partial charge on any atom is -0.382 e. The fourth-order valence-corrected chi connectivity index (χ4v) is 4.20. The van der Waals surface area contributed by atoms with E-state index in [4.69, 9.17) is 9.47 Å². The van der Waals surface area contributed by atoms with Gasteiger partial charge in [0, 0.05) is 31.7 Å². The van der Waals surface area contributed by atoms with E-state index in [1.54, 1.807) is 35.9 Å². The average Bonchev–Trinajstić information content (AvgIpc) is 3.49. The van der Waals surface area contributed by atoms with Gasteiger partial charge in [0.15, 0.2) is 0 Å². The molecule has 0 aromatic carbocycles. The molecule has 1 aliphatic carbocycles. The fraction of sp³-hybridized carbons (Fsp3) is 0.429. The Labute approximate surface area is 179 Å². The van der Waals surface area contributed by atoms with E-state index >= 15 is 0 Å². The van der Waals surface area contributed by atoms with Crippen molar-refractivity contribution in [3.63, 3.8) is 0 Å². The van der Waals surface area contributed by atoms with Crippen LogP contribution in [0, 0.1) is 0 Å². The molecule has 3 aromatic heterocycles. The number of thiazole rings is 1. The summed E-state index contributed by atoms with van der Waals surface area (Å²) in [4.78, 5) is 26.8. The average molecular weight is 428 g/mol. The number of methoxy groups -OCH3 is 1. The third kappa shape index (κ3) is 5.10. The van der Waals surface area contributed by atoms with E-state index in [1.165, 1.54) is 11.3 Å². The van der Waals surface area contributed by atoms with E-state index in [-0.39, 0.29) is 18.1 Å². The number of carbonyl (C=O) groups excluding carboxylic acids is 1. The van der Waals surface area contributed by atoms with E-state index in [9.17, 15) is 4.79 Å². The number of imidazole rings is 1. The van der Waals surface area contributed by atoms with Crippen LogP contribution < -0.4 is 5.32 Å². The van der Waals surface area contributed by atoms with Crippen LogP contribution >= 0.6 is 11.3 Å². The van der Waals surface area contributed by atoms with Crippen molar-refractivity contribution in [3.8, 4) is 16.3 Å². The first-order valence-corrected chi connectivity index (χ1v) is 10.9. The van der Waals surface area contributed by atoms with Crippen LogP contribution in [-0.4, -0.2) is 57.9 Å². The molecule has 9 heteroatoms. The van der Waals surface area contributed by atoms with Crippen LogP contribution in [0.3, 0.4) is 0 Å². The lowest BCUT2D eigenvalue weighted by Crippen LogP contribution is -2.39. The van der Waals surface area contributed by atoms with Gasteiger partial charge < -0.3 is 14.8 Å². The smallest absolute Gasteiger partial charge is 0.270 e. The summed E-state index contributed by atoms with van der Waals surface area (Å²) in [5, 5.41) is 3.15. The molecule has 1 saturated carbocycles. The Kier molecular flexibility index (Phi) is 6.83. The Morgan fingerprint density at radius 1 is 1.23 bits per heavy atom. The third-order valence-electron chi connectivity index (χ3n) is 5.18. The summed E-state index contributed by atoms with van der Waals surface area (Å²) in [6.07, 6.45) is 10.9. The molecule has 1 amide bonds. The summed E-state index contributed by atoms with van der Waals surface area (Å²) in [6.45, 7) is 1.22. The summed E-state index contributed by atoms with van der Waals surface area (Å²) in [5.41, 5.74) is 3.08. The van der Waals surface area contributed by atoms with Crippen LogP contribution in [0.25, 0.3) is 16.3 Å². The number of hydrogen-bond donors (Lipinski definition) is 1. The SMILES string of the molecule is COCCO[C@H]1CC[C@H](NC(=O)c2cc(-c3cncs3)cc(-n3ccnc3)n2)CC1. The maximum atomic E-state index is 13.0. The maximum Gasteiger partial charge on any atom is 0.270 e. The summed E-state index contributed by atoms with van der Waals surface area (Å²) < 4.78 is 12.6. The normalized spacial score (nSPS) is 19.0. The summed E-state index contributed by atoms with van der Waals surface area (Å²) >= 11 is 1.53. The van der Waals surface area contributed by atoms with Crippen molar-refractivity contribution in [2.75, 3.05) is 20.3 Å². The monoisotopic (exact) mass is 427 g/mol. The zero-order valence-electron chi connectivity index (χ0n) is 16.9. The van der Waals surface area contributed by atoms with Crippen molar-refractivity contribution in [3.05, 3.63) is 48.3 Å². The Balaban J connectivity index is 1.45. The number of nitrogens with one attached hydrogen (secondary N) is 1. The molecular formula is C21H25N5O3S. The largest absolute Gasteiger partial charge is 0.382 e. The van der Waals surface area contributed by atoms with E-state index in [2.05, 4.69) is 20.3 Å². The molecule has 1 aliphatic rings. The molecule has 0 atom stereocenters. The molecule has 3 aromatic rings. The highest BCUT2D eigenvalue weighted by molar-refractivity contribution is 7.13. The number of nitrogens with zero attached hydrogens (tertiary/aromatic N) is 4. The predicted octanol–water partition coefficient (Wildman–Crippen LogP) is 3.09. The lowest BCUT2D eigenvalue weighted by atomic mass is 9.93. The molecule has 0 spiro atoms. The highest BCUT2D eigenvalue weighted by Gasteiger charge is 2.24. The summed E-state index contributed by atoms with van der Waals surface area (Å²) in [5.74, 6) is 0.491. The van der Waals surface area contributed by atoms with Gasteiger partial charge in [-0.3, -0.25) is 14.3 Å². The van der Waals surface area contributed by atoms with Crippen LogP contribution in [-0.2, 0) is 9.47 Å². The van der Waals surface area contributed by atoms with Crippen LogP contribution in [0.15, 0.2) is 42.6 Å². The van der Waals surface area contributed by atoms with Crippen LogP contribution in [0.1, 0.15) is 36.2 Å². The van der Waals surface area contributed by atoms with Gasteiger partial charge in [-0.15, -0.1) is 11.3 Å². The zero-order chi connectivity index (χ0) is 20.8. The minimum absolute atomic E-state index is 0.130. The number of pyridine rings is 1. The number of amides is 1. The van der Waals surface area contributed by atoms with Gasteiger partial charge in [-0.2, -0.15) is 0 Å². The Morgan fingerprint density at radius 2 is 2.10 bits per heavy atom. The first-order chi connectivity index (χ1) is 14.7. The second-order valence-corrected chi connectivity index (χ2v) is 8.13. The van der Waals surface area contributed by atoms with Gasteiger partial charge >= 0.3 is 0 Å². The number of hydrogen-bond acceptors (Lipinski definition) is 7. The molecule has 3 heterocycles. The van der Waals surface area contributed by atoms with Gasteiger partial charge in [0.05, 0.1) is 29.7 Å². The first-order valence-electron chi connectivity index (χ1n) is 10.0. The zero-order valence-corrected chi connectivity index (χ0v) is 17.7. The van der Waals surface area contributed by atoms with E-state index in [0.29, 0.717) is 24.7 Å². The second-order valence-electron chi connectivity index (χ2n) is 7.25. The summed E-state index contributed by atoms with van der Waals surface area (Å²) in [6, 6.07) is 3.89. The number of aromatic nitrogens is 4. The van der Waals surface area contributed by atoms with Crippen molar-refractivity contribution in [1.82, 2.24) is 24.8 Å². The number of carbonyl (C=O) groups is 1. The van der Waals surface area contributed by atoms with Gasteiger partial charge in [0.25, 0.3) is 5.91 Å².